The van der Waals surface area contributed by atoms with Gasteiger partial charge in [0, 0.05) is 71.2 Å². The molecule has 3 heterocycles. The molecular formula is C23H32N4O6. The van der Waals surface area contributed by atoms with Crippen LogP contribution < -0.4 is 19.7 Å². The summed E-state index contributed by atoms with van der Waals surface area (Å²) in [4.78, 5) is 43.3. The molecule has 3 aliphatic rings. The van der Waals surface area contributed by atoms with Gasteiger partial charge in [0.25, 0.3) is 0 Å². The number of ether oxygens (including phenoxy) is 3. The fourth-order valence-corrected chi connectivity index (χ4v) is 4.41. The molecule has 0 aromatic heterocycles. The maximum absolute atomic E-state index is 13.1. The maximum atomic E-state index is 13.1. The molecule has 10 heteroatoms. The smallest absolute Gasteiger partial charge is 0.234 e. The van der Waals surface area contributed by atoms with E-state index >= 15 is 0 Å². The second kappa shape index (κ2) is 10.8. The highest BCUT2D eigenvalue weighted by Crippen LogP contribution is 2.36. The zero-order valence-electron chi connectivity index (χ0n) is 19.1. The highest BCUT2D eigenvalue weighted by molar-refractivity contribution is 6.00. The predicted molar refractivity (Wildman–Crippen MR) is 120 cm³/mol. The van der Waals surface area contributed by atoms with Gasteiger partial charge >= 0.3 is 0 Å². The Morgan fingerprint density at radius 3 is 2.64 bits per heavy atom. The summed E-state index contributed by atoms with van der Waals surface area (Å²) in [5.74, 6) is 0.871. The van der Waals surface area contributed by atoms with Crippen LogP contribution in [0, 0.1) is 5.92 Å². The highest BCUT2D eigenvalue weighted by atomic mass is 16.6. The Morgan fingerprint density at radius 2 is 1.88 bits per heavy atom. The first kappa shape index (κ1) is 23.3. The molecule has 4 rings (SSSR count). The summed E-state index contributed by atoms with van der Waals surface area (Å²) in [5.41, 5.74) is 0.723. The Bertz CT molecular complexity index is 871. The largest absolute Gasteiger partial charge is 0.486 e. The molecule has 3 aliphatic heterocycles. The first-order chi connectivity index (χ1) is 16.0. The Hall–Kier alpha value is -2.85. The molecule has 1 N–H and O–H groups in total. The molecule has 1 aromatic rings. The lowest BCUT2D eigenvalue weighted by molar-refractivity contribution is -0.137. The summed E-state index contributed by atoms with van der Waals surface area (Å²) in [6.45, 7) is 5.31. The lowest BCUT2D eigenvalue weighted by Crippen LogP contribution is -2.52. The summed E-state index contributed by atoms with van der Waals surface area (Å²) in [7, 11) is 1.64. The van der Waals surface area contributed by atoms with Gasteiger partial charge in [-0.2, -0.15) is 0 Å². The summed E-state index contributed by atoms with van der Waals surface area (Å²) >= 11 is 0. The van der Waals surface area contributed by atoms with E-state index in [9.17, 15) is 14.4 Å². The third-order valence-corrected chi connectivity index (χ3v) is 6.21. The topological polar surface area (TPSA) is 101 Å². The van der Waals surface area contributed by atoms with Crippen LogP contribution in [0.2, 0.25) is 0 Å². The van der Waals surface area contributed by atoms with E-state index in [4.69, 9.17) is 14.2 Å². The van der Waals surface area contributed by atoms with Gasteiger partial charge in [-0.05, 0) is 18.6 Å². The van der Waals surface area contributed by atoms with Crippen molar-refractivity contribution in [2.24, 2.45) is 5.92 Å². The van der Waals surface area contributed by atoms with Crippen LogP contribution >= 0.6 is 0 Å². The van der Waals surface area contributed by atoms with Gasteiger partial charge in [-0.25, -0.2) is 0 Å². The van der Waals surface area contributed by atoms with Gasteiger partial charge in [-0.15, -0.1) is 0 Å². The number of hydrogen-bond acceptors (Lipinski definition) is 7. The average molecular weight is 461 g/mol. The molecule has 0 aliphatic carbocycles. The van der Waals surface area contributed by atoms with Crippen molar-refractivity contribution < 1.29 is 28.6 Å². The van der Waals surface area contributed by atoms with E-state index in [1.165, 1.54) is 0 Å². The van der Waals surface area contributed by atoms with Gasteiger partial charge in [0.15, 0.2) is 11.5 Å². The maximum Gasteiger partial charge on any atom is 0.234 e. The zero-order chi connectivity index (χ0) is 23.2. The molecule has 0 radical (unpaired) electrons. The first-order valence-electron chi connectivity index (χ1n) is 11.5. The van der Waals surface area contributed by atoms with Crippen LogP contribution in [-0.4, -0.2) is 100 Å². The summed E-state index contributed by atoms with van der Waals surface area (Å²) in [6, 6.07) is 5.44. The third kappa shape index (κ3) is 5.75. The normalized spacial score (nSPS) is 20.8. The molecule has 1 atom stereocenters. The van der Waals surface area contributed by atoms with Gasteiger partial charge in [-0.1, -0.05) is 0 Å². The molecule has 10 nitrogen and oxygen atoms in total. The number of anilines is 1. The SMILES string of the molecule is COCCCNC(=O)CN1CCN(C(=O)C2CC(=O)N(c3ccc4c(c3)OCCO4)C2)CC1. The van der Waals surface area contributed by atoms with Crippen LogP contribution in [0.5, 0.6) is 11.5 Å². The fourth-order valence-electron chi connectivity index (χ4n) is 4.41. The Kier molecular flexibility index (Phi) is 7.66. The number of amides is 3. The lowest BCUT2D eigenvalue weighted by Gasteiger charge is -2.35. The number of carbonyl (C=O) groups excluding carboxylic acids is 3. The lowest BCUT2D eigenvalue weighted by atomic mass is 10.1. The van der Waals surface area contributed by atoms with Crippen LogP contribution in [0.25, 0.3) is 0 Å². The van der Waals surface area contributed by atoms with Gasteiger partial charge in [0.05, 0.1) is 12.5 Å². The Labute approximate surface area is 193 Å². The van der Waals surface area contributed by atoms with Crippen LogP contribution in [-0.2, 0) is 19.1 Å². The van der Waals surface area contributed by atoms with Crippen molar-refractivity contribution in [2.75, 3.05) is 77.6 Å². The van der Waals surface area contributed by atoms with E-state index < -0.39 is 0 Å². The molecule has 3 amide bonds. The van der Waals surface area contributed by atoms with E-state index in [1.54, 1.807) is 24.1 Å². The predicted octanol–water partition coefficient (Wildman–Crippen LogP) is 0.108. The second-order valence-corrected chi connectivity index (χ2v) is 8.53. The van der Waals surface area contributed by atoms with E-state index in [0.29, 0.717) is 77.1 Å². The van der Waals surface area contributed by atoms with Crippen LogP contribution in [0.3, 0.4) is 0 Å². The second-order valence-electron chi connectivity index (χ2n) is 8.53. The minimum Gasteiger partial charge on any atom is -0.486 e. The van der Waals surface area contributed by atoms with Crippen LogP contribution in [0.1, 0.15) is 12.8 Å². The number of carbonyl (C=O) groups is 3. The number of hydrogen-bond donors (Lipinski definition) is 1. The Morgan fingerprint density at radius 1 is 1.12 bits per heavy atom. The molecule has 180 valence electrons. The van der Waals surface area contributed by atoms with Crippen molar-refractivity contribution in [3.63, 3.8) is 0 Å². The molecule has 1 unspecified atom stereocenters. The molecule has 0 spiro atoms. The number of benzene rings is 1. The number of fused-ring (bicyclic) bond motifs is 1. The quantitative estimate of drug-likeness (QED) is 0.550. The monoisotopic (exact) mass is 460 g/mol. The van der Waals surface area contributed by atoms with Crippen molar-refractivity contribution in [1.82, 2.24) is 15.1 Å². The van der Waals surface area contributed by atoms with E-state index in [1.807, 2.05) is 11.0 Å². The Balaban J connectivity index is 1.25. The van der Waals surface area contributed by atoms with Gasteiger partial charge in [-0.3, -0.25) is 19.3 Å². The van der Waals surface area contributed by atoms with E-state index in [2.05, 4.69) is 10.2 Å². The van der Waals surface area contributed by atoms with Gasteiger partial charge in [0.2, 0.25) is 17.7 Å². The number of methoxy groups -OCH3 is 1. The zero-order valence-corrected chi connectivity index (χ0v) is 19.1. The highest BCUT2D eigenvalue weighted by Gasteiger charge is 2.38. The number of rotatable bonds is 8. The molecule has 0 saturated carbocycles. The van der Waals surface area contributed by atoms with Crippen molar-refractivity contribution in [2.45, 2.75) is 12.8 Å². The molecule has 33 heavy (non-hydrogen) atoms. The molecule has 0 bridgehead atoms. The molecule has 1 aromatic carbocycles. The van der Waals surface area contributed by atoms with Crippen LogP contribution in [0.15, 0.2) is 18.2 Å². The summed E-state index contributed by atoms with van der Waals surface area (Å²) < 4.78 is 16.1. The molecule has 2 fully saturated rings. The molecular weight excluding hydrogens is 428 g/mol. The van der Waals surface area contributed by atoms with Crippen molar-refractivity contribution >= 4 is 23.4 Å². The van der Waals surface area contributed by atoms with Gasteiger partial charge in [0.1, 0.15) is 13.2 Å². The number of nitrogens with zero attached hydrogens (tertiary/aromatic N) is 3. The standard InChI is InChI=1S/C23H32N4O6/c1-31-10-2-5-24-21(28)16-25-6-8-26(9-7-25)23(30)17-13-22(29)27(15-17)18-3-4-19-20(14-18)33-12-11-32-19/h3-4,14,17H,2,5-13,15-16H2,1H3,(H,24,28). The average Bonchev–Trinajstić information content (AvgIpc) is 3.23. The first-order valence-corrected chi connectivity index (χ1v) is 11.5. The fraction of sp³-hybridized carbons (Fsp3) is 0.609. The summed E-state index contributed by atoms with van der Waals surface area (Å²) in [6.07, 6.45) is 0.991. The van der Waals surface area contributed by atoms with Crippen LogP contribution in [0.4, 0.5) is 5.69 Å². The van der Waals surface area contributed by atoms with E-state index in [0.717, 1.165) is 12.1 Å². The minimum absolute atomic E-state index is 0.00654. The third-order valence-electron chi connectivity index (χ3n) is 6.21. The van der Waals surface area contributed by atoms with Crippen molar-refractivity contribution in [3.05, 3.63) is 18.2 Å². The minimum atomic E-state index is -0.360. The van der Waals surface area contributed by atoms with Crippen molar-refractivity contribution in [1.29, 1.82) is 0 Å². The molecule has 2 saturated heterocycles. The van der Waals surface area contributed by atoms with Crippen molar-refractivity contribution in [3.8, 4) is 11.5 Å². The van der Waals surface area contributed by atoms with Gasteiger partial charge < -0.3 is 29.3 Å². The number of piperazine rings is 1. The number of nitrogens with one attached hydrogen (secondary N) is 1. The summed E-state index contributed by atoms with van der Waals surface area (Å²) in [5, 5.41) is 2.89. The van der Waals surface area contributed by atoms with E-state index in [-0.39, 0.29) is 30.1 Å².